The first-order chi connectivity index (χ1) is 20.6. The molecule has 2 aromatic rings. The average molecular weight is 611 g/mol. The van der Waals surface area contributed by atoms with E-state index >= 15 is 0 Å². The fraction of sp³-hybridized carbons (Fsp3) is 0.500. The van der Waals surface area contributed by atoms with Crippen molar-refractivity contribution in [2.24, 2.45) is 5.92 Å². The zero-order valence-electron chi connectivity index (χ0n) is 24.9. The van der Waals surface area contributed by atoms with Gasteiger partial charge in [0, 0.05) is 31.9 Å². The SMILES string of the molecule is CCCCN1C(=O)[C@@H]([C@H](O)C2CC=CC2)NC(=O)C12CCN(Cc1ccc(Oc3ccc(NS(C)(=O)=O)cc3)cc1)CC2. The van der Waals surface area contributed by atoms with Gasteiger partial charge in [-0.15, -0.1) is 0 Å². The number of carbonyl (C=O) groups is 2. The van der Waals surface area contributed by atoms with Crippen molar-refractivity contribution in [3.05, 3.63) is 66.2 Å². The Morgan fingerprint density at radius 2 is 1.63 bits per heavy atom. The first-order valence-electron chi connectivity index (χ1n) is 15.1. The molecular formula is C32H42N4O6S. The van der Waals surface area contributed by atoms with Gasteiger partial charge in [0.05, 0.1) is 12.4 Å². The minimum Gasteiger partial charge on any atom is -0.457 e. The van der Waals surface area contributed by atoms with Gasteiger partial charge in [-0.3, -0.25) is 19.2 Å². The van der Waals surface area contributed by atoms with Crippen LogP contribution in [-0.4, -0.2) is 78.7 Å². The molecule has 0 bridgehead atoms. The maximum absolute atomic E-state index is 13.7. The highest BCUT2D eigenvalue weighted by molar-refractivity contribution is 7.92. The first kappa shape index (κ1) is 31.0. The van der Waals surface area contributed by atoms with Crippen molar-refractivity contribution in [3.63, 3.8) is 0 Å². The van der Waals surface area contributed by atoms with Crippen molar-refractivity contribution >= 4 is 27.5 Å². The molecule has 2 aromatic carbocycles. The molecule has 2 saturated heterocycles. The lowest BCUT2D eigenvalue weighted by molar-refractivity contribution is -0.165. The van der Waals surface area contributed by atoms with E-state index < -0.39 is 27.7 Å². The molecule has 1 spiro atoms. The third kappa shape index (κ3) is 7.22. The molecule has 1 aliphatic carbocycles. The molecule has 10 nitrogen and oxygen atoms in total. The van der Waals surface area contributed by atoms with Crippen LogP contribution in [0.4, 0.5) is 5.69 Å². The lowest BCUT2D eigenvalue weighted by Gasteiger charge is -2.52. The Bertz CT molecular complexity index is 1410. The predicted octanol–water partition coefficient (Wildman–Crippen LogP) is 3.64. The summed E-state index contributed by atoms with van der Waals surface area (Å²) in [7, 11) is -3.34. The third-order valence-electron chi connectivity index (χ3n) is 8.77. The first-order valence-corrected chi connectivity index (χ1v) is 17.0. The molecule has 0 radical (unpaired) electrons. The van der Waals surface area contributed by atoms with E-state index in [4.69, 9.17) is 4.74 Å². The number of unbranched alkanes of at least 4 members (excludes halogenated alkanes) is 1. The summed E-state index contributed by atoms with van der Waals surface area (Å²) in [6.07, 6.45) is 8.54. The molecule has 3 aliphatic rings. The Kier molecular flexibility index (Phi) is 9.43. The minimum atomic E-state index is -3.34. The number of hydrogen-bond donors (Lipinski definition) is 3. The summed E-state index contributed by atoms with van der Waals surface area (Å²) in [6.45, 7) is 4.66. The molecular weight excluding hydrogens is 568 g/mol. The number of benzene rings is 2. The van der Waals surface area contributed by atoms with Crippen LogP contribution in [0.5, 0.6) is 11.5 Å². The van der Waals surface area contributed by atoms with Gasteiger partial charge in [-0.2, -0.15) is 0 Å². The smallest absolute Gasteiger partial charge is 0.248 e. The zero-order valence-corrected chi connectivity index (χ0v) is 25.7. The molecule has 2 amide bonds. The van der Waals surface area contributed by atoms with E-state index in [0.29, 0.717) is 56.2 Å². The van der Waals surface area contributed by atoms with Gasteiger partial charge in [0.1, 0.15) is 23.1 Å². The van der Waals surface area contributed by atoms with Crippen molar-refractivity contribution in [2.75, 3.05) is 30.6 Å². The monoisotopic (exact) mass is 610 g/mol. The maximum atomic E-state index is 13.7. The van der Waals surface area contributed by atoms with E-state index in [1.807, 2.05) is 36.4 Å². The van der Waals surface area contributed by atoms with E-state index in [1.165, 1.54) is 0 Å². The number of aliphatic hydroxyl groups excluding tert-OH is 1. The number of piperazine rings is 1. The molecule has 43 heavy (non-hydrogen) atoms. The van der Waals surface area contributed by atoms with Crippen molar-refractivity contribution in [3.8, 4) is 11.5 Å². The quantitative estimate of drug-likeness (QED) is 0.332. The topological polar surface area (TPSA) is 128 Å². The van der Waals surface area contributed by atoms with Crippen molar-refractivity contribution in [2.45, 2.75) is 69.7 Å². The number of anilines is 1. The molecule has 2 aliphatic heterocycles. The fourth-order valence-corrected chi connectivity index (χ4v) is 6.90. The third-order valence-corrected chi connectivity index (χ3v) is 9.37. The molecule has 11 heteroatoms. The summed E-state index contributed by atoms with van der Waals surface area (Å²) < 4.78 is 31.1. The summed E-state index contributed by atoms with van der Waals surface area (Å²) in [5, 5.41) is 13.9. The number of ether oxygens (including phenoxy) is 1. The Hall–Kier alpha value is -3.41. The van der Waals surface area contributed by atoms with Crippen LogP contribution in [0.2, 0.25) is 0 Å². The van der Waals surface area contributed by atoms with E-state index in [1.54, 1.807) is 29.2 Å². The van der Waals surface area contributed by atoms with Crippen LogP contribution in [0.25, 0.3) is 0 Å². The average Bonchev–Trinajstić information content (AvgIpc) is 3.52. The van der Waals surface area contributed by atoms with E-state index in [-0.39, 0.29) is 17.7 Å². The van der Waals surface area contributed by atoms with E-state index in [0.717, 1.165) is 37.5 Å². The van der Waals surface area contributed by atoms with Gasteiger partial charge in [-0.05, 0) is 80.0 Å². The number of rotatable bonds is 11. The molecule has 3 N–H and O–H groups in total. The second-order valence-electron chi connectivity index (χ2n) is 11.9. The number of amides is 2. The molecule has 0 unspecified atom stereocenters. The largest absolute Gasteiger partial charge is 0.457 e. The van der Waals surface area contributed by atoms with Crippen LogP contribution in [0, 0.1) is 5.92 Å². The number of hydrogen-bond acceptors (Lipinski definition) is 7. The Morgan fingerprint density at radius 3 is 2.21 bits per heavy atom. The summed E-state index contributed by atoms with van der Waals surface area (Å²) in [5.74, 6) is 0.923. The highest BCUT2D eigenvalue weighted by atomic mass is 32.2. The second kappa shape index (κ2) is 13.1. The number of aliphatic hydroxyl groups is 1. The second-order valence-corrected chi connectivity index (χ2v) is 13.7. The van der Waals surface area contributed by atoms with Crippen molar-refractivity contribution in [1.29, 1.82) is 0 Å². The van der Waals surface area contributed by atoms with Gasteiger partial charge in [-0.25, -0.2) is 8.42 Å². The van der Waals surface area contributed by atoms with Gasteiger partial charge in [0.2, 0.25) is 21.8 Å². The summed E-state index contributed by atoms with van der Waals surface area (Å²) in [6, 6.07) is 13.6. The highest BCUT2D eigenvalue weighted by Gasteiger charge is 2.55. The Balaban J connectivity index is 1.18. The molecule has 2 atom stereocenters. The van der Waals surface area contributed by atoms with Crippen LogP contribution < -0.4 is 14.8 Å². The number of likely N-dealkylation sites (tertiary alicyclic amines) is 1. The molecule has 0 saturated carbocycles. The number of nitrogens with zero attached hydrogens (tertiary/aromatic N) is 2. The van der Waals surface area contributed by atoms with Crippen LogP contribution in [0.15, 0.2) is 60.7 Å². The van der Waals surface area contributed by atoms with Crippen LogP contribution >= 0.6 is 0 Å². The lowest BCUT2D eigenvalue weighted by Crippen LogP contribution is -2.75. The van der Waals surface area contributed by atoms with Crippen molar-refractivity contribution in [1.82, 2.24) is 15.1 Å². The minimum absolute atomic E-state index is 0.0419. The summed E-state index contributed by atoms with van der Waals surface area (Å²) in [4.78, 5) is 31.5. The standard InChI is InChI=1S/C32H42N4O6S/c1-3-4-19-36-30(38)28(29(37)24-7-5-6-8-24)33-31(39)32(36)17-20-35(21-18-32)22-23-9-13-26(14-10-23)42-27-15-11-25(12-16-27)34-43(2,40)41/h5-6,9-16,24,28-29,34,37H,3-4,7-8,17-22H2,1-2H3,(H,33,39)/t28-,29-/m1/s1. The lowest BCUT2D eigenvalue weighted by atomic mass is 9.79. The van der Waals surface area contributed by atoms with Crippen LogP contribution in [0.1, 0.15) is 51.0 Å². The van der Waals surface area contributed by atoms with E-state index in [2.05, 4.69) is 21.9 Å². The van der Waals surface area contributed by atoms with Crippen LogP contribution in [-0.2, 0) is 26.2 Å². The van der Waals surface area contributed by atoms with Gasteiger partial charge in [0.15, 0.2) is 0 Å². The molecule has 232 valence electrons. The van der Waals surface area contributed by atoms with Gasteiger partial charge < -0.3 is 20.1 Å². The molecule has 5 rings (SSSR count). The van der Waals surface area contributed by atoms with Gasteiger partial charge in [0.25, 0.3) is 0 Å². The number of carbonyl (C=O) groups excluding carboxylic acids is 2. The Labute approximate surface area is 254 Å². The van der Waals surface area contributed by atoms with Gasteiger partial charge in [-0.1, -0.05) is 37.6 Å². The summed E-state index contributed by atoms with van der Waals surface area (Å²) >= 11 is 0. The zero-order chi connectivity index (χ0) is 30.6. The summed E-state index contributed by atoms with van der Waals surface area (Å²) in [5.41, 5.74) is 0.698. The van der Waals surface area contributed by atoms with E-state index in [9.17, 15) is 23.1 Å². The fourth-order valence-electron chi connectivity index (χ4n) is 6.34. The predicted molar refractivity (Wildman–Crippen MR) is 165 cm³/mol. The molecule has 2 fully saturated rings. The van der Waals surface area contributed by atoms with Crippen molar-refractivity contribution < 1.29 is 27.9 Å². The normalized spacial score (nSPS) is 21.7. The number of nitrogens with one attached hydrogen (secondary N) is 2. The number of piperidine rings is 1. The Morgan fingerprint density at radius 1 is 1.02 bits per heavy atom. The highest BCUT2D eigenvalue weighted by Crippen LogP contribution is 2.36. The van der Waals surface area contributed by atoms with Crippen LogP contribution in [0.3, 0.4) is 0 Å². The molecule has 2 heterocycles. The maximum Gasteiger partial charge on any atom is 0.248 e. The number of sulfonamides is 1. The molecule has 0 aromatic heterocycles. The number of allylic oxidation sites excluding steroid dienone is 2. The van der Waals surface area contributed by atoms with Gasteiger partial charge >= 0.3 is 0 Å².